The van der Waals surface area contributed by atoms with Gasteiger partial charge in [-0.25, -0.2) is 9.97 Å². The van der Waals surface area contributed by atoms with Gasteiger partial charge in [-0.3, -0.25) is 14.9 Å². The van der Waals surface area contributed by atoms with E-state index in [1.165, 1.54) is 30.6 Å². The lowest BCUT2D eigenvalue weighted by atomic mass is 10.1. The SMILES string of the molecule is Cc1ccc(C(=O)Nc2cnc(Cl)cn2)cc1[N+](=O)[O-]. The molecule has 8 heteroatoms. The van der Waals surface area contributed by atoms with E-state index in [0.717, 1.165) is 0 Å². The maximum Gasteiger partial charge on any atom is 0.273 e. The summed E-state index contributed by atoms with van der Waals surface area (Å²) in [6.07, 6.45) is 2.58. The number of nitrogens with one attached hydrogen (secondary N) is 1. The van der Waals surface area contributed by atoms with E-state index in [0.29, 0.717) is 5.56 Å². The number of hydrogen-bond acceptors (Lipinski definition) is 5. The minimum absolute atomic E-state index is 0.111. The number of aryl methyl sites for hydroxylation is 1. The molecule has 0 fully saturated rings. The van der Waals surface area contributed by atoms with Crippen LogP contribution in [0.15, 0.2) is 30.6 Å². The van der Waals surface area contributed by atoms with Gasteiger partial charge in [0, 0.05) is 17.2 Å². The lowest BCUT2D eigenvalue weighted by Gasteiger charge is -2.05. The number of halogens is 1. The molecule has 0 bridgehead atoms. The molecule has 2 rings (SSSR count). The van der Waals surface area contributed by atoms with Crippen molar-refractivity contribution in [2.75, 3.05) is 5.32 Å². The predicted molar refractivity (Wildman–Crippen MR) is 72.8 cm³/mol. The minimum atomic E-state index is -0.534. The first kappa shape index (κ1) is 13.9. The van der Waals surface area contributed by atoms with Crippen LogP contribution in [0.25, 0.3) is 0 Å². The van der Waals surface area contributed by atoms with Gasteiger partial charge in [0.1, 0.15) is 5.15 Å². The van der Waals surface area contributed by atoms with Crippen molar-refractivity contribution in [1.82, 2.24) is 9.97 Å². The second kappa shape index (κ2) is 5.62. The van der Waals surface area contributed by atoms with E-state index < -0.39 is 10.8 Å². The molecule has 0 unspecified atom stereocenters. The van der Waals surface area contributed by atoms with E-state index in [4.69, 9.17) is 11.6 Å². The van der Waals surface area contributed by atoms with Crippen LogP contribution in [0.2, 0.25) is 5.15 Å². The molecule has 0 aliphatic rings. The Labute approximate surface area is 118 Å². The van der Waals surface area contributed by atoms with Crippen LogP contribution >= 0.6 is 11.6 Å². The number of anilines is 1. The third-order valence-electron chi connectivity index (χ3n) is 2.53. The molecule has 0 aliphatic carbocycles. The Hall–Kier alpha value is -2.54. The van der Waals surface area contributed by atoms with Gasteiger partial charge in [-0.15, -0.1) is 0 Å². The molecule has 1 N–H and O–H groups in total. The third kappa shape index (κ3) is 3.07. The van der Waals surface area contributed by atoms with E-state index in [1.54, 1.807) is 6.92 Å². The van der Waals surface area contributed by atoms with Crippen LogP contribution in [-0.2, 0) is 0 Å². The van der Waals surface area contributed by atoms with E-state index in [1.807, 2.05) is 0 Å². The first-order valence-corrected chi connectivity index (χ1v) is 5.89. The highest BCUT2D eigenvalue weighted by molar-refractivity contribution is 6.29. The van der Waals surface area contributed by atoms with Gasteiger partial charge in [0.2, 0.25) is 0 Å². The van der Waals surface area contributed by atoms with Gasteiger partial charge in [-0.05, 0) is 13.0 Å². The fourth-order valence-corrected chi connectivity index (χ4v) is 1.61. The number of carbonyl (C=O) groups excluding carboxylic acids is 1. The van der Waals surface area contributed by atoms with Gasteiger partial charge < -0.3 is 5.32 Å². The lowest BCUT2D eigenvalue weighted by Crippen LogP contribution is -2.13. The fraction of sp³-hybridized carbons (Fsp3) is 0.0833. The van der Waals surface area contributed by atoms with Gasteiger partial charge in [0.15, 0.2) is 5.82 Å². The summed E-state index contributed by atoms with van der Waals surface area (Å²) < 4.78 is 0. The van der Waals surface area contributed by atoms with Gasteiger partial charge in [-0.1, -0.05) is 17.7 Å². The molecule has 0 saturated heterocycles. The Morgan fingerprint density at radius 1 is 1.35 bits per heavy atom. The summed E-state index contributed by atoms with van der Waals surface area (Å²) in [5.74, 6) is -0.299. The topological polar surface area (TPSA) is 98.0 Å². The van der Waals surface area contributed by atoms with Crippen LogP contribution in [0.1, 0.15) is 15.9 Å². The van der Waals surface area contributed by atoms with Gasteiger partial charge in [0.25, 0.3) is 11.6 Å². The molecule has 0 aliphatic heterocycles. The smallest absolute Gasteiger partial charge is 0.273 e. The average molecular weight is 293 g/mol. The van der Waals surface area contributed by atoms with Crippen LogP contribution in [0.4, 0.5) is 11.5 Å². The van der Waals surface area contributed by atoms with Crippen LogP contribution in [0.5, 0.6) is 0 Å². The summed E-state index contributed by atoms with van der Waals surface area (Å²) in [6.45, 7) is 1.60. The third-order valence-corrected chi connectivity index (χ3v) is 2.73. The van der Waals surface area contributed by atoms with Crippen molar-refractivity contribution >= 4 is 29.0 Å². The Balaban J connectivity index is 2.23. The van der Waals surface area contributed by atoms with Crippen molar-refractivity contribution in [3.05, 3.63) is 57.0 Å². The van der Waals surface area contributed by atoms with Crippen molar-refractivity contribution in [3.8, 4) is 0 Å². The first-order valence-electron chi connectivity index (χ1n) is 5.51. The molecule has 7 nitrogen and oxygen atoms in total. The zero-order valence-corrected chi connectivity index (χ0v) is 11.1. The number of benzene rings is 1. The fourth-order valence-electron chi connectivity index (χ4n) is 1.51. The van der Waals surface area contributed by atoms with Crippen molar-refractivity contribution < 1.29 is 9.72 Å². The molecule has 0 spiro atoms. The normalized spacial score (nSPS) is 10.1. The Kier molecular flexibility index (Phi) is 3.90. The highest BCUT2D eigenvalue weighted by atomic mass is 35.5. The molecule has 20 heavy (non-hydrogen) atoms. The van der Waals surface area contributed by atoms with Gasteiger partial charge in [0.05, 0.1) is 17.3 Å². The molecular formula is C12H9ClN4O3. The minimum Gasteiger partial charge on any atom is -0.305 e. The number of aromatic nitrogens is 2. The quantitative estimate of drug-likeness (QED) is 0.692. The van der Waals surface area contributed by atoms with Crippen molar-refractivity contribution in [2.45, 2.75) is 6.92 Å². The number of carbonyl (C=O) groups is 1. The molecule has 0 atom stereocenters. The number of nitro benzene ring substituents is 1. The van der Waals surface area contributed by atoms with Gasteiger partial charge in [-0.2, -0.15) is 0 Å². The maximum absolute atomic E-state index is 12.0. The summed E-state index contributed by atoms with van der Waals surface area (Å²) >= 11 is 5.58. The van der Waals surface area contributed by atoms with Crippen LogP contribution in [0.3, 0.4) is 0 Å². The Bertz CT molecular complexity index is 673. The molecule has 1 amide bonds. The summed E-state index contributed by atoms with van der Waals surface area (Å²) in [7, 11) is 0. The van der Waals surface area contributed by atoms with E-state index in [2.05, 4.69) is 15.3 Å². The first-order chi connectivity index (χ1) is 9.47. The standard InChI is InChI=1S/C12H9ClN4O3/c1-7-2-3-8(4-9(7)17(19)20)12(18)16-11-6-14-10(13)5-15-11/h2-6H,1H3,(H,15,16,18). The van der Waals surface area contributed by atoms with Crippen molar-refractivity contribution in [3.63, 3.8) is 0 Å². The van der Waals surface area contributed by atoms with E-state index in [9.17, 15) is 14.9 Å². The number of nitrogens with zero attached hydrogens (tertiary/aromatic N) is 3. The van der Waals surface area contributed by atoms with E-state index >= 15 is 0 Å². The largest absolute Gasteiger partial charge is 0.305 e. The van der Waals surface area contributed by atoms with Crippen LogP contribution in [-0.4, -0.2) is 20.8 Å². The molecular weight excluding hydrogens is 284 g/mol. The Morgan fingerprint density at radius 2 is 2.10 bits per heavy atom. The van der Waals surface area contributed by atoms with Crippen molar-refractivity contribution in [1.29, 1.82) is 0 Å². The average Bonchev–Trinajstić information content (AvgIpc) is 2.41. The predicted octanol–water partition coefficient (Wildman–Crippen LogP) is 2.60. The summed E-state index contributed by atoms with van der Waals surface area (Å²) in [5, 5.41) is 13.5. The summed E-state index contributed by atoms with van der Waals surface area (Å²) in [5.41, 5.74) is 0.539. The lowest BCUT2D eigenvalue weighted by molar-refractivity contribution is -0.385. The number of amides is 1. The highest BCUT2D eigenvalue weighted by Crippen LogP contribution is 2.19. The monoisotopic (exact) mass is 292 g/mol. The zero-order valence-electron chi connectivity index (χ0n) is 10.3. The molecule has 2 aromatic rings. The number of hydrogen-bond donors (Lipinski definition) is 1. The van der Waals surface area contributed by atoms with Gasteiger partial charge >= 0.3 is 0 Å². The molecule has 1 aromatic carbocycles. The second-order valence-corrected chi connectivity index (χ2v) is 4.32. The molecule has 102 valence electrons. The maximum atomic E-state index is 12.0. The number of rotatable bonds is 3. The summed E-state index contributed by atoms with van der Waals surface area (Å²) in [4.78, 5) is 29.9. The number of nitro groups is 1. The van der Waals surface area contributed by atoms with Crippen LogP contribution in [0, 0.1) is 17.0 Å². The second-order valence-electron chi connectivity index (χ2n) is 3.94. The van der Waals surface area contributed by atoms with Crippen molar-refractivity contribution in [2.24, 2.45) is 0 Å². The molecule has 1 aromatic heterocycles. The summed E-state index contributed by atoms with van der Waals surface area (Å²) in [6, 6.07) is 4.23. The Morgan fingerprint density at radius 3 is 2.70 bits per heavy atom. The molecule has 1 heterocycles. The van der Waals surface area contributed by atoms with Crippen LogP contribution < -0.4 is 5.32 Å². The van der Waals surface area contributed by atoms with E-state index in [-0.39, 0.29) is 22.2 Å². The molecule has 0 radical (unpaired) electrons. The highest BCUT2D eigenvalue weighted by Gasteiger charge is 2.15. The zero-order chi connectivity index (χ0) is 14.7. The molecule has 0 saturated carbocycles.